The molecule has 0 aliphatic heterocycles. The Hall–Kier alpha value is -2.19. The van der Waals surface area contributed by atoms with Crippen molar-refractivity contribution in [2.24, 2.45) is 11.0 Å². The molecular weight excluding hydrogens is 292 g/mol. The van der Waals surface area contributed by atoms with Crippen LogP contribution in [0.25, 0.3) is 0 Å². The van der Waals surface area contributed by atoms with E-state index in [0.29, 0.717) is 22.1 Å². The summed E-state index contributed by atoms with van der Waals surface area (Å²) in [5.74, 6) is 3.25. The topological polar surface area (TPSA) is 59.9 Å². The molecule has 1 aliphatic rings. The monoisotopic (exact) mass is 306 g/mol. The fourth-order valence-corrected chi connectivity index (χ4v) is 1.95. The summed E-state index contributed by atoms with van der Waals surface area (Å²) in [7, 11) is 1.50. The third kappa shape index (κ3) is 4.14. The molecule has 1 aliphatic carbocycles. The molecule has 0 aromatic heterocycles. The predicted molar refractivity (Wildman–Crippen MR) is 80.8 cm³/mol. The molecule has 110 valence electrons. The van der Waals surface area contributed by atoms with Gasteiger partial charge in [0.1, 0.15) is 6.61 Å². The number of carbonyl (C=O) groups excluding carboxylic acids is 1. The van der Waals surface area contributed by atoms with Gasteiger partial charge < -0.3 is 9.47 Å². The molecule has 0 saturated heterocycles. The minimum atomic E-state index is -0.0571. The first-order valence-corrected chi connectivity index (χ1v) is 6.80. The molecule has 0 radical (unpaired) electrons. The standard InChI is InChI=1S/C15H15ClN2O3/c1-3-6-21-14-12(16)7-10(8-13(14)20-2)9-17-18-15(19)11-4-5-11/h1,7-9,11H,4-6H2,2H3,(H,18,19)/b17-9-. The molecule has 5 nitrogen and oxygen atoms in total. The maximum absolute atomic E-state index is 11.4. The van der Waals surface area contributed by atoms with Crippen LogP contribution in [-0.2, 0) is 4.79 Å². The number of rotatable bonds is 6. The van der Waals surface area contributed by atoms with Crippen LogP contribution in [0.2, 0.25) is 5.02 Å². The van der Waals surface area contributed by atoms with E-state index < -0.39 is 0 Å². The number of benzene rings is 1. The van der Waals surface area contributed by atoms with Gasteiger partial charge in [0.25, 0.3) is 0 Å². The number of hydrogen-bond donors (Lipinski definition) is 1. The number of nitrogens with one attached hydrogen (secondary N) is 1. The van der Waals surface area contributed by atoms with Crippen molar-refractivity contribution in [1.82, 2.24) is 5.43 Å². The van der Waals surface area contributed by atoms with Crippen LogP contribution < -0.4 is 14.9 Å². The SMILES string of the molecule is C#CCOc1c(Cl)cc(/C=N\NC(=O)C2CC2)cc1OC. The number of terminal acetylenes is 1. The Morgan fingerprint density at radius 2 is 2.38 bits per heavy atom. The van der Waals surface area contributed by atoms with E-state index in [1.54, 1.807) is 12.1 Å². The number of ether oxygens (including phenoxy) is 2. The smallest absolute Gasteiger partial charge is 0.243 e. The predicted octanol–water partition coefficient (Wildman–Crippen LogP) is 2.22. The van der Waals surface area contributed by atoms with Gasteiger partial charge in [0.2, 0.25) is 5.91 Å². The van der Waals surface area contributed by atoms with E-state index in [0.717, 1.165) is 12.8 Å². The highest BCUT2D eigenvalue weighted by molar-refractivity contribution is 6.32. The molecule has 1 fully saturated rings. The molecule has 0 atom stereocenters. The summed E-state index contributed by atoms with van der Waals surface area (Å²) in [5.41, 5.74) is 3.17. The second-order valence-corrected chi connectivity index (χ2v) is 4.94. The molecule has 0 unspecified atom stereocenters. The molecule has 1 N–H and O–H groups in total. The average molecular weight is 307 g/mol. The van der Waals surface area contributed by atoms with Crippen molar-refractivity contribution in [3.8, 4) is 23.8 Å². The second kappa shape index (κ2) is 7.00. The lowest BCUT2D eigenvalue weighted by Crippen LogP contribution is -2.18. The first-order chi connectivity index (χ1) is 10.2. The van der Waals surface area contributed by atoms with Gasteiger partial charge in [-0.15, -0.1) is 6.42 Å². The first kappa shape index (κ1) is 15.2. The molecule has 21 heavy (non-hydrogen) atoms. The Labute approximate surface area is 128 Å². The first-order valence-electron chi connectivity index (χ1n) is 6.42. The van der Waals surface area contributed by atoms with Gasteiger partial charge in [-0.25, -0.2) is 5.43 Å². The maximum Gasteiger partial charge on any atom is 0.243 e. The van der Waals surface area contributed by atoms with Gasteiger partial charge in [-0.1, -0.05) is 17.5 Å². The Balaban J connectivity index is 2.09. The minimum absolute atomic E-state index is 0.0571. The number of methoxy groups -OCH3 is 1. The zero-order valence-electron chi connectivity index (χ0n) is 11.6. The Morgan fingerprint density at radius 3 is 3.00 bits per heavy atom. The number of nitrogens with zero attached hydrogens (tertiary/aromatic N) is 1. The third-order valence-corrected chi connectivity index (χ3v) is 3.17. The van der Waals surface area contributed by atoms with Gasteiger partial charge in [0.15, 0.2) is 11.5 Å². The average Bonchev–Trinajstić information content (AvgIpc) is 3.30. The van der Waals surface area contributed by atoms with Gasteiger partial charge in [0, 0.05) is 5.92 Å². The lowest BCUT2D eigenvalue weighted by atomic mass is 10.2. The van der Waals surface area contributed by atoms with Crippen LogP contribution in [0.3, 0.4) is 0 Å². The quantitative estimate of drug-likeness (QED) is 0.498. The normalized spacial score (nSPS) is 13.8. The Kier molecular flexibility index (Phi) is 5.07. The van der Waals surface area contributed by atoms with Crippen molar-refractivity contribution in [3.63, 3.8) is 0 Å². The highest BCUT2D eigenvalue weighted by Crippen LogP contribution is 2.36. The van der Waals surface area contributed by atoms with Gasteiger partial charge >= 0.3 is 0 Å². The number of hydrazone groups is 1. The van der Waals surface area contributed by atoms with Crippen LogP contribution in [0.5, 0.6) is 11.5 Å². The summed E-state index contributed by atoms with van der Waals surface area (Å²) in [6.45, 7) is 0.0982. The maximum atomic E-state index is 11.4. The van der Waals surface area contributed by atoms with Crippen LogP contribution in [0.4, 0.5) is 0 Å². The van der Waals surface area contributed by atoms with Crippen LogP contribution in [0, 0.1) is 18.3 Å². The van der Waals surface area contributed by atoms with Crippen LogP contribution in [-0.4, -0.2) is 25.8 Å². The highest BCUT2D eigenvalue weighted by Gasteiger charge is 2.29. The molecule has 0 heterocycles. The largest absolute Gasteiger partial charge is 0.493 e. The van der Waals surface area contributed by atoms with E-state index >= 15 is 0 Å². The van der Waals surface area contributed by atoms with E-state index in [4.69, 9.17) is 27.5 Å². The molecule has 1 aromatic carbocycles. The molecule has 0 spiro atoms. The second-order valence-electron chi connectivity index (χ2n) is 4.54. The molecule has 2 rings (SSSR count). The van der Waals surface area contributed by atoms with Gasteiger partial charge in [-0.05, 0) is 30.5 Å². The van der Waals surface area contributed by atoms with Gasteiger partial charge in [-0.3, -0.25) is 4.79 Å². The van der Waals surface area contributed by atoms with Crippen molar-refractivity contribution < 1.29 is 14.3 Å². The molecule has 0 bridgehead atoms. The van der Waals surface area contributed by atoms with Crippen molar-refractivity contribution in [2.75, 3.05) is 13.7 Å². The van der Waals surface area contributed by atoms with Crippen molar-refractivity contribution in [3.05, 3.63) is 22.7 Å². The van der Waals surface area contributed by atoms with Gasteiger partial charge in [0.05, 0.1) is 18.3 Å². The summed E-state index contributed by atoms with van der Waals surface area (Å²) in [4.78, 5) is 11.4. The summed E-state index contributed by atoms with van der Waals surface area (Å²) in [6, 6.07) is 3.35. The van der Waals surface area contributed by atoms with E-state index in [-0.39, 0.29) is 18.4 Å². The number of halogens is 1. The van der Waals surface area contributed by atoms with Crippen LogP contribution in [0.15, 0.2) is 17.2 Å². The Morgan fingerprint density at radius 1 is 1.62 bits per heavy atom. The van der Waals surface area contributed by atoms with E-state index in [1.807, 2.05) is 0 Å². The van der Waals surface area contributed by atoms with E-state index in [1.165, 1.54) is 13.3 Å². The number of amides is 1. The number of hydrogen-bond acceptors (Lipinski definition) is 4. The van der Waals surface area contributed by atoms with Crippen LogP contribution in [0.1, 0.15) is 18.4 Å². The van der Waals surface area contributed by atoms with E-state index in [2.05, 4.69) is 16.4 Å². The van der Waals surface area contributed by atoms with Gasteiger partial charge in [-0.2, -0.15) is 5.10 Å². The zero-order valence-corrected chi connectivity index (χ0v) is 12.3. The van der Waals surface area contributed by atoms with Crippen LogP contribution >= 0.6 is 11.6 Å². The molecule has 1 saturated carbocycles. The number of carbonyl (C=O) groups is 1. The molecule has 1 aromatic rings. The molecule has 6 heteroatoms. The third-order valence-electron chi connectivity index (χ3n) is 2.89. The minimum Gasteiger partial charge on any atom is -0.493 e. The van der Waals surface area contributed by atoms with Crippen molar-refractivity contribution >= 4 is 23.7 Å². The lowest BCUT2D eigenvalue weighted by molar-refractivity contribution is -0.122. The lowest BCUT2D eigenvalue weighted by Gasteiger charge is -2.11. The molecular formula is C15H15ClN2O3. The highest BCUT2D eigenvalue weighted by atomic mass is 35.5. The summed E-state index contributed by atoms with van der Waals surface area (Å²) >= 11 is 6.13. The molecule has 1 amide bonds. The summed E-state index contributed by atoms with van der Waals surface area (Å²) < 4.78 is 10.6. The summed E-state index contributed by atoms with van der Waals surface area (Å²) in [5, 5.41) is 4.26. The van der Waals surface area contributed by atoms with Crippen molar-refractivity contribution in [1.29, 1.82) is 0 Å². The van der Waals surface area contributed by atoms with Crippen molar-refractivity contribution in [2.45, 2.75) is 12.8 Å². The Bertz CT molecular complexity index is 604. The fourth-order valence-electron chi connectivity index (χ4n) is 1.68. The summed E-state index contributed by atoms with van der Waals surface area (Å²) in [6.07, 6.45) is 8.52. The zero-order chi connectivity index (χ0) is 15.2. The van der Waals surface area contributed by atoms with E-state index in [9.17, 15) is 4.79 Å². The fraction of sp³-hybridized carbons (Fsp3) is 0.333.